The van der Waals surface area contributed by atoms with Gasteiger partial charge in [-0.05, 0) is 35.9 Å². The number of carbonyl (C=O) groups is 2. The summed E-state index contributed by atoms with van der Waals surface area (Å²) in [5.74, 6) is -1.50. The average molecular weight is 356 g/mol. The Bertz CT molecular complexity index is 720. The van der Waals surface area contributed by atoms with E-state index in [1.807, 2.05) is 0 Å². The normalized spacial score (nSPS) is 10.2. The molecule has 0 radical (unpaired) electrons. The van der Waals surface area contributed by atoms with Crippen LogP contribution in [-0.4, -0.2) is 18.4 Å². The molecule has 7 heteroatoms. The Morgan fingerprint density at radius 3 is 2.43 bits per heavy atom. The highest BCUT2D eigenvalue weighted by molar-refractivity contribution is 6.36. The van der Waals surface area contributed by atoms with Gasteiger partial charge < -0.3 is 10.1 Å². The summed E-state index contributed by atoms with van der Waals surface area (Å²) in [7, 11) is 0. The molecule has 0 saturated carbocycles. The SMILES string of the molecule is O=C(CNC(=O)c1ccc(Cl)cc1Cl)OCc1ccc(F)cc1. The first-order valence-corrected chi connectivity index (χ1v) is 7.34. The molecule has 0 heterocycles. The van der Waals surface area contributed by atoms with Crippen LogP contribution in [0.1, 0.15) is 15.9 Å². The van der Waals surface area contributed by atoms with Gasteiger partial charge in [-0.15, -0.1) is 0 Å². The van der Waals surface area contributed by atoms with Gasteiger partial charge in [0, 0.05) is 5.02 Å². The molecule has 0 unspecified atom stereocenters. The first kappa shape index (κ1) is 17.2. The van der Waals surface area contributed by atoms with Crippen LogP contribution < -0.4 is 5.32 Å². The smallest absolute Gasteiger partial charge is 0.325 e. The van der Waals surface area contributed by atoms with Crippen molar-refractivity contribution in [2.75, 3.05) is 6.54 Å². The van der Waals surface area contributed by atoms with Gasteiger partial charge in [0.2, 0.25) is 0 Å². The quantitative estimate of drug-likeness (QED) is 0.833. The Kier molecular flexibility index (Phi) is 5.96. The molecule has 0 bridgehead atoms. The fourth-order valence-electron chi connectivity index (χ4n) is 1.72. The molecule has 0 spiro atoms. The topological polar surface area (TPSA) is 55.4 Å². The Morgan fingerprint density at radius 1 is 1.09 bits per heavy atom. The second-order valence-corrected chi connectivity index (χ2v) is 5.44. The lowest BCUT2D eigenvalue weighted by Crippen LogP contribution is -2.30. The molecule has 0 aliphatic rings. The molecule has 0 atom stereocenters. The minimum absolute atomic E-state index is 0.00329. The highest BCUT2D eigenvalue weighted by Crippen LogP contribution is 2.20. The molecule has 0 fully saturated rings. The lowest BCUT2D eigenvalue weighted by molar-refractivity contribution is -0.143. The third-order valence-electron chi connectivity index (χ3n) is 2.88. The van der Waals surface area contributed by atoms with Crippen LogP contribution in [0.15, 0.2) is 42.5 Å². The molecule has 2 aromatic carbocycles. The van der Waals surface area contributed by atoms with Crippen LogP contribution in [0, 0.1) is 5.82 Å². The molecular formula is C16H12Cl2FNO3. The molecule has 23 heavy (non-hydrogen) atoms. The fraction of sp³-hybridized carbons (Fsp3) is 0.125. The van der Waals surface area contributed by atoms with E-state index in [0.29, 0.717) is 10.6 Å². The van der Waals surface area contributed by atoms with E-state index < -0.39 is 11.9 Å². The molecule has 1 amide bonds. The minimum Gasteiger partial charge on any atom is -0.460 e. The Labute approximate surface area is 142 Å². The van der Waals surface area contributed by atoms with Gasteiger partial charge in [0.05, 0.1) is 10.6 Å². The van der Waals surface area contributed by atoms with Crippen molar-refractivity contribution >= 4 is 35.1 Å². The van der Waals surface area contributed by atoms with Crippen molar-refractivity contribution in [2.24, 2.45) is 0 Å². The minimum atomic E-state index is -0.618. The van der Waals surface area contributed by atoms with Crippen molar-refractivity contribution in [3.8, 4) is 0 Å². The molecule has 1 N–H and O–H groups in total. The van der Waals surface area contributed by atoms with E-state index in [9.17, 15) is 14.0 Å². The first-order valence-electron chi connectivity index (χ1n) is 6.59. The number of nitrogens with one attached hydrogen (secondary N) is 1. The van der Waals surface area contributed by atoms with E-state index in [4.69, 9.17) is 27.9 Å². The summed E-state index contributed by atoms with van der Waals surface area (Å²) >= 11 is 11.6. The largest absolute Gasteiger partial charge is 0.460 e. The number of ether oxygens (including phenoxy) is 1. The number of rotatable bonds is 5. The van der Waals surface area contributed by atoms with E-state index in [1.165, 1.54) is 42.5 Å². The van der Waals surface area contributed by atoms with Crippen molar-refractivity contribution in [3.05, 3.63) is 69.5 Å². The zero-order valence-electron chi connectivity index (χ0n) is 11.8. The summed E-state index contributed by atoms with van der Waals surface area (Å²) in [5, 5.41) is 3.00. The van der Waals surface area contributed by atoms with Crippen LogP contribution in [0.4, 0.5) is 4.39 Å². The molecule has 2 rings (SSSR count). The number of hydrogen-bond donors (Lipinski definition) is 1. The van der Waals surface area contributed by atoms with E-state index in [-0.39, 0.29) is 29.6 Å². The van der Waals surface area contributed by atoms with Crippen LogP contribution in [0.3, 0.4) is 0 Å². The summed E-state index contributed by atoms with van der Waals surface area (Å²) in [6.07, 6.45) is 0. The van der Waals surface area contributed by atoms with Gasteiger partial charge in [-0.1, -0.05) is 35.3 Å². The Hall–Kier alpha value is -2.11. The predicted octanol–water partition coefficient (Wildman–Crippen LogP) is 3.61. The van der Waals surface area contributed by atoms with E-state index in [0.717, 1.165) is 0 Å². The monoisotopic (exact) mass is 355 g/mol. The summed E-state index contributed by atoms with van der Waals surface area (Å²) < 4.78 is 17.7. The third-order valence-corrected chi connectivity index (χ3v) is 3.43. The fourth-order valence-corrected chi connectivity index (χ4v) is 2.21. The van der Waals surface area contributed by atoms with Gasteiger partial charge in [-0.3, -0.25) is 9.59 Å². The molecule has 120 valence electrons. The number of esters is 1. The Balaban J connectivity index is 1.81. The van der Waals surface area contributed by atoms with Gasteiger partial charge >= 0.3 is 5.97 Å². The average Bonchev–Trinajstić information content (AvgIpc) is 2.52. The van der Waals surface area contributed by atoms with Gasteiger partial charge in [-0.25, -0.2) is 4.39 Å². The van der Waals surface area contributed by atoms with E-state index in [1.54, 1.807) is 0 Å². The molecule has 0 aromatic heterocycles. The van der Waals surface area contributed by atoms with Crippen molar-refractivity contribution in [2.45, 2.75) is 6.61 Å². The van der Waals surface area contributed by atoms with E-state index >= 15 is 0 Å². The third kappa shape index (κ3) is 5.23. The molecule has 2 aromatic rings. The maximum Gasteiger partial charge on any atom is 0.325 e. The van der Waals surface area contributed by atoms with Crippen LogP contribution in [0.5, 0.6) is 0 Å². The zero-order chi connectivity index (χ0) is 16.8. The molecule has 0 aliphatic carbocycles. The lowest BCUT2D eigenvalue weighted by Gasteiger charge is -2.08. The summed E-state index contributed by atoms with van der Waals surface area (Å²) in [6.45, 7) is -0.310. The van der Waals surface area contributed by atoms with Gasteiger partial charge in [0.1, 0.15) is 19.0 Å². The molecule has 4 nitrogen and oxygen atoms in total. The first-order chi connectivity index (χ1) is 11.0. The molecule has 0 saturated heterocycles. The van der Waals surface area contributed by atoms with Crippen LogP contribution in [0.25, 0.3) is 0 Å². The number of benzene rings is 2. The van der Waals surface area contributed by atoms with Crippen LogP contribution >= 0.6 is 23.2 Å². The number of carbonyl (C=O) groups excluding carboxylic acids is 2. The Morgan fingerprint density at radius 2 is 1.78 bits per heavy atom. The second-order valence-electron chi connectivity index (χ2n) is 4.59. The second kappa shape index (κ2) is 7.94. The van der Waals surface area contributed by atoms with Crippen molar-refractivity contribution < 1.29 is 18.7 Å². The highest BCUT2D eigenvalue weighted by atomic mass is 35.5. The molecular weight excluding hydrogens is 344 g/mol. The van der Waals surface area contributed by atoms with Crippen LogP contribution in [-0.2, 0) is 16.1 Å². The standard InChI is InChI=1S/C16H12Cl2FNO3/c17-11-3-6-13(14(18)7-11)16(22)20-8-15(21)23-9-10-1-4-12(19)5-2-10/h1-7H,8-9H2,(H,20,22). The maximum atomic E-state index is 12.7. The van der Waals surface area contributed by atoms with Gasteiger partial charge in [0.25, 0.3) is 5.91 Å². The lowest BCUT2D eigenvalue weighted by atomic mass is 10.2. The van der Waals surface area contributed by atoms with Crippen LogP contribution in [0.2, 0.25) is 10.0 Å². The number of halogens is 3. The molecule has 0 aliphatic heterocycles. The van der Waals surface area contributed by atoms with Gasteiger partial charge in [0.15, 0.2) is 0 Å². The van der Waals surface area contributed by atoms with Gasteiger partial charge in [-0.2, -0.15) is 0 Å². The highest BCUT2D eigenvalue weighted by Gasteiger charge is 2.12. The van der Waals surface area contributed by atoms with Crippen molar-refractivity contribution in [1.29, 1.82) is 0 Å². The van der Waals surface area contributed by atoms with E-state index in [2.05, 4.69) is 5.32 Å². The number of hydrogen-bond acceptors (Lipinski definition) is 3. The summed E-state index contributed by atoms with van der Waals surface area (Å²) in [5.41, 5.74) is 0.856. The van der Waals surface area contributed by atoms with Crippen molar-refractivity contribution in [1.82, 2.24) is 5.32 Å². The summed E-state index contributed by atoms with van der Waals surface area (Å²) in [4.78, 5) is 23.5. The van der Waals surface area contributed by atoms with Crippen molar-refractivity contribution in [3.63, 3.8) is 0 Å². The predicted molar refractivity (Wildman–Crippen MR) is 85.0 cm³/mol. The summed E-state index contributed by atoms with van der Waals surface area (Å²) in [6, 6.07) is 9.98. The zero-order valence-corrected chi connectivity index (χ0v) is 13.3. The number of amides is 1. The maximum absolute atomic E-state index is 12.7.